The maximum absolute atomic E-state index is 13.4. The number of benzene rings is 2. The van der Waals surface area contributed by atoms with Crippen LogP contribution in [0, 0.1) is 5.82 Å². The maximum atomic E-state index is 13.4. The predicted molar refractivity (Wildman–Crippen MR) is 124 cm³/mol. The van der Waals surface area contributed by atoms with E-state index in [4.69, 9.17) is 0 Å². The second-order valence-electron chi connectivity index (χ2n) is 7.39. The first-order valence-electron chi connectivity index (χ1n) is 10.7. The summed E-state index contributed by atoms with van der Waals surface area (Å²) in [6.07, 6.45) is 4.71. The zero-order valence-electron chi connectivity index (χ0n) is 18.6. The number of allylic oxidation sites excluding steroid dienone is 1. The van der Waals surface area contributed by atoms with E-state index in [1.807, 2.05) is 42.4 Å². The molecule has 0 fully saturated rings. The quantitative estimate of drug-likeness (QED) is 0.616. The Kier molecular flexibility index (Phi) is 7.64. The van der Waals surface area contributed by atoms with Gasteiger partial charge in [0.1, 0.15) is 12.5 Å². The van der Waals surface area contributed by atoms with Gasteiger partial charge in [-0.15, -0.1) is 5.53 Å². The Morgan fingerprint density at radius 3 is 2.41 bits per heavy atom. The molecule has 2 aliphatic rings. The van der Waals surface area contributed by atoms with E-state index >= 15 is 0 Å². The standard InChI is InChI=1S/C23H24F2N4.C2H5F/c1-4-20-17(14-24)6-5-7-21(20)15(2)28-13-12-22-23(16(28)3)26-27-29(22)19-10-8-18(25)9-11-19;1-2-3/h5-13,16,26-27H,2,4,14H2,1,3H3;2H2,1H3. The molecule has 4 nitrogen and oxygen atoms in total. The Bertz CT molecular complexity index is 1010. The summed E-state index contributed by atoms with van der Waals surface area (Å²) in [5, 5.41) is 1.88. The molecule has 0 radical (unpaired) electrons. The van der Waals surface area contributed by atoms with Gasteiger partial charge in [-0.3, -0.25) is 9.40 Å². The summed E-state index contributed by atoms with van der Waals surface area (Å²) in [5.74, 6) is -0.271. The highest BCUT2D eigenvalue weighted by atomic mass is 19.1. The first-order valence-corrected chi connectivity index (χ1v) is 10.7. The summed E-state index contributed by atoms with van der Waals surface area (Å²) in [4.78, 5) is 2.08. The Morgan fingerprint density at radius 2 is 1.78 bits per heavy atom. The topological polar surface area (TPSA) is 30.5 Å². The van der Waals surface area contributed by atoms with Gasteiger partial charge in [-0.25, -0.2) is 8.78 Å². The van der Waals surface area contributed by atoms with Gasteiger partial charge in [-0.05, 0) is 61.7 Å². The molecule has 0 aliphatic carbocycles. The van der Waals surface area contributed by atoms with Crippen molar-refractivity contribution >= 4 is 11.4 Å². The maximum Gasteiger partial charge on any atom is 0.123 e. The van der Waals surface area contributed by atoms with E-state index in [1.54, 1.807) is 12.1 Å². The molecule has 1 atom stereocenters. The number of anilines is 1. The molecular weight excluding hydrogens is 413 g/mol. The first kappa shape index (κ1) is 23.5. The normalized spacial score (nSPS) is 17.0. The second-order valence-corrected chi connectivity index (χ2v) is 7.39. The van der Waals surface area contributed by atoms with Crippen LogP contribution >= 0.6 is 0 Å². The molecule has 0 amide bonds. The number of hydrogen-bond acceptors (Lipinski definition) is 4. The first-order chi connectivity index (χ1) is 15.5. The lowest BCUT2D eigenvalue weighted by Gasteiger charge is -2.34. The summed E-state index contributed by atoms with van der Waals surface area (Å²) in [6, 6.07) is 12.0. The Morgan fingerprint density at radius 1 is 1.09 bits per heavy atom. The highest BCUT2D eigenvalue weighted by Gasteiger charge is 2.32. The van der Waals surface area contributed by atoms with Crippen molar-refractivity contribution in [1.29, 1.82) is 0 Å². The van der Waals surface area contributed by atoms with Crippen molar-refractivity contribution in [2.75, 3.05) is 11.7 Å². The largest absolute Gasteiger partial charge is 0.339 e. The van der Waals surface area contributed by atoms with E-state index < -0.39 is 6.67 Å². The van der Waals surface area contributed by atoms with E-state index in [1.165, 1.54) is 19.1 Å². The van der Waals surface area contributed by atoms with E-state index in [9.17, 15) is 13.2 Å². The third kappa shape index (κ3) is 4.53. The molecule has 0 spiro atoms. The van der Waals surface area contributed by atoms with Crippen molar-refractivity contribution in [2.45, 2.75) is 39.9 Å². The van der Waals surface area contributed by atoms with Gasteiger partial charge in [-0.1, -0.05) is 31.7 Å². The van der Waals surface area contributed by atoms with Crippen LogP contribution in [0.25, 0.3) is 5.70 Å². The minimum absolute atomic E-state index is 0.0146. The molecule has 0 saturated carbocycles. The van der Waals surface area contributed by atoms with E-state index in [2.05, 4.69) is 29.4 Å². The van der Waals surface area contributed by atoms with Crippen LogP contribution in [-0.4, -0.2) is 17.6 Å². The van der Waals surface area contributed by atoms with Gasteiger partial charge in [-0.2, -0.15) is 0 Å². The molecule has 0 saturated heterocycles. The van der Waals surface area contributed by atoms with Crippen LogP contribution in [0.15, 0.2) is 72.7 Å². The number of rotatable bonds is 5. The minimum Gasteiger partial charge on any atom is -0.339 e. The Labute approximate surface area is 187 Å². The highest BCUT2D eigenvalue weighted by molar-refractivity contribution is 5.69. The average Bonchev–Trinajstić information content (AvgIpc) is 3.24. The molecule has 32 heavy (non-hydrogen) atoms. The van der Waals surface area contributed by atoms with Crippen molar-refractivity contribution in [3.63, 3.8) is 0 Å². The van der Waals surface area contributed by atoms with Crippen molar-refractivity contribution in [1.82, 2.24) is 15.9 Å². The summed E-state index contributed by atoms with van der Waals surface area (Å²) in [7, 11) is 0. The average molecular weight is 443 g/mol. The minimum atomic E-state index is -0.483. The second kappa shape index (κ2) is 10.4. The lowest BCUT2D eigenvalue weighted by Crippen LogP contribution is -2.39. The molecule has 2 aromatic rings. The smallest absolute Gasteiger partial charge is 0.123 e. The van der Waals surface area contributed by atoms with Gasteiger partial charge < -0.3 is 10.3 Å². The van der Waals surface area contributed by atoms with Crippen LogP contribution in [0.2, 0.25) is 0 Å². The molecule has 0 aromatic heterocycles. The van der Waals surface area contributed by atoms with E-state index in [-0.39, 0.29) is 18.5 Å². The Balaban J connectivity index is 0.000000913. The molecule has 7 heteroatoms. The molecule has 2 aromatic carbocycles. The third-order valence-corrected chi connectivity index (χ3v) is 5.53. The van der Waals surface area contributed by atoms with Crippen LogP contribution in [0.4, 0.5) is 18.9 Å². The predicted octanol–water partition coefficient (Wildman–Crippen LogP) is 5.76. The summed E-state index contributed by atoms with van der Waals surface area (Å²) < 4.78 is 37.0. The lowest BCUT2D eigenvalue weighted by atomic mass is 9.96. The number of alkyl halides is 2. The van der Waals surface area contributed by atoms with E-state index in [0.29, 0.717) is 5.56 Å². The van der Waals surface area contributed by atoms with Gasteiger partial charge in [0.2, 0.25) is 0 Å². The van der Waals surface area contributed by atoms with Crippen LogP contribution < -0.4 is 16.0 Å². The number of halogens is 3. The van der Waals surface area contributed by atoms with Crippen LogP contribution in [0.3, 0.4) is 0 Å². The number of nitrogens with one attached hydrogen (secondary N) is 2. The summed E-state index contributed by atoms with van der Waals surface area (Å²) in [5.41, 5.74) is 12.6. The third-order valence-electron chi connectivity index (χ3n) is 5.53. The SMILES string of the molecule is C=C(c1cccc(CF)c1CC)N1C=CC2=C(NNN2c2ccc(F)cc2)C1C.CCF. The zero-order valence-corrected chi connectivity index (χ0v) is 18.6. The van der Waals surface area contributed by atoms with Crippen LogP contribution in [0.1, 0.15) is 37.5 Å². The van der Waals surface area contributed by atoms with Gasteiger partial charge in [0.15, 0.2) is 0 Å². The molecule has 2 aliphatic heterocycles. The molecular formula is C25H29F3N4. The molecule has 0 bridgehead atoms. The number of hydrazine groups is 2. The highest BCUT2D eigenvalue weighted by Crippen LogP contribution is 2.34. The molecule has 2 N–H and O–H groups in total. The van der Waals surface area contributed by atoms with Crippen molar-refractivity contribution in [3.8, 4) is 0 Å². The number of nitrogens with zero attached hydrogens (tertiary/aromatic N) is 2. The number of hydrogen-bond donors (Lipinski definition) is 2. The summed E-state index contributed by atoms with van der Waals surface area (Å²) >= 11 is 0. The monoisotopic (exact) mass is 442 g/mol. The van der Waals surface area contributed by atoms with Crippen molar-refractivity contribution in [3.05, 3.63) is 95.2 Å². The molecule has 170 valence electrons. The van der Waals surface area contributed by atoms with Gasteiger partial charge >= 0.3 is 0 Å². The van der Waals surface area contributed by atoms with E-state index in [0.717, 1.165) is 40.3 Å². The fourth-order valence-electron chi connectivity index (χ4n) is 3.97. The molecule has 1 unspecified atom stereocenters. The van der Waals surface area contributed by atoms with Gasteiger partial charge in [0.05, 0.1) is 29.8 Å². The lowest BCUT2D eigenvalue weighted by molar-refractivity contribution is 0.427. The van der Waals surface area contributed by atoms with Crippen molar-refractivity contribution in [2.24, 2.45) is 0 Å². The molecule has 2 heterocycles. The fraction of sp³-hybridized carbons (Fsp3) is 0.280. The van der Waals surface area contributed by atoms with Crippen molar-refractivity contribution < 1.29 is 13.2 Å². The van der Waals surface area contributed by atoms with Crippen LogP contribution in [0.5, 0.6) is 0 Å². The Hall–Kier alpha value is -3.19. The van der Waals surface area contributed by atoms with Gasteiger partial charge in [0.25, 0.3) is 0 Å². The fourth-order valence-corrected chi connectivity index (χ4v) is 3.97. The summed E-state index contributed by atoms with van der Waals surface area (Å²) in [6.45, 7) is 9.15. The molecule has 4 rings (SSSR count). The van der Waals surface area contributed by atoms with Crippen LogP contribution in [-0.2, 0) is 13.1 Å². The zero-order chi connectivity index (χ0) is 23.3. The van der Waals surface area contributed by atoms with Gasteiger partial charge in [0, 0.05) is 17.5 Å².